The number of aliphatic hydroxyl groups is 6. The Morgan fingerprint density at radius 3 is 1.70 bits per heavy atom. The van der Waals surface area contributed by atoms with Crippen LogP contribution in [0.2, 0.25) is 0 Å². The highest BCUT2D eigenvalue weighted by molar-refractivity contribution is 5.73. The SMILES string of the molecule is O=C(O)[C@@H]1CCCN1.OC[C@@H](O)[C@@H](O)[C@H](O)[C@@H](O)CO. The minimum Gasteiger partial charge on any atom is -0.480 e. The van der Waals surface area contributed by atoms with Crippen molar-refractivity contribution in [2.75, 3.05) is 19.8 Å². The van der Waals surface area contributed by atoms with Gasteiger partial charge in [-0.3, -0.25) is 4.79 Å². The molecule has 0 aromatic carbocycles. The van der Waals surface area contributed by atoms with E-state index in [1.54, 1.807) is 0 Å². The third kappa shape index (κ3) is 6.57. The number of aliphatic carboxylic acids is 1. The van der Waals surface area contributed by atoms with Crippen LogP contribution in [0.25, 0.3) is 0 Å². The summed E-state index contributed by atoms with van der Waals surface area (Å²) in [4.78, 5) is 10.1. The van der Waals surface area contributed by atoms with E-state index in [4.69, 9.17) is 35.7 Å². The molecule has 0 aliphatic carbocycles. The molecular formula is C11H23NO8. The Morgan fingerprint density at radius 1 is 1.05 bits per heavy atom. The first kappa shape index (κ1) is 19.2. The average molecular weight is 297 g/mol. The predicted octanol–water partition coefficient (Wildman–Crippen LogP) is -3.76. The van der Waals surface area contributed by atoms with Crippen molar-refractivity contribution in [1.29, 1.82) is 0 Å². The molecule has 0 amide bonds. The molecule has 0 aromatic heterocycles. The van der Waals surface area contributed by atoms with Gasteiger partial charge in [-0.25, -0.2) is 0 Å². The Bertz CT molecular complexity index is 257. The molecule has 0 radical (unpaired) electrons. The summed E-state index contributed by atoms with van der Waals surface area (Å²) in [6.07, 6.45) is -4.61. The smallest absolute Gasteiger partial charge is 0.320 e. The van der Waals surface area contributed by atoms with Crippen molar-refractivity contribution in [1.82, 2.24) is 5.32 Å². The summed E-state index contributed by atoms with van der Waals surface area (Å²) in [7, 11) is 0. The molecule has 0 saturated carbocycles. The zero-order chi connectivity index (χ0) is 15.7. The molecule has 1 rings (SSSR count). The van der Waals surface area contributed by atoms with Crippen molar-refractivity contribution in [3.05, 3.63) is 0 Å². The van der Waals surface area contributed by atoms with Crippen LogP contribution in [-0.4, -0.2) is 91.9 Å². The van der Waals surface area contributed by atoms with Crippen LogP contribution < -0.4 is 5.32 Å². The topological polar surface area (TPSA) is 171 Å². The Labute approximate surface area is 116 Å². The van der Waals surface area contributed by atoms with Gasteiger partial charge >= 0.3 is 5.97 Å². The molecule has 1 saturated heterocycles. The van der Waals surface area contributed by atoms with Crippen LogP contribution in [0.1, 0.15) is 12.8 Å². The molecule has 8 N–H and O–H groups in total. The van der Waals surface area contributed by atoms with Gasteiger partial charge in [0, 0.05) is 0 Å². The van der Waals surface area contributed by atoms with Crippen molar-refractivity contribution in [2.45, 2.75) is 43.3 Å². The minimum atomic E-state index is -1.67. The molecule has 1 aliphatic rings. The summed E-state index contributed by atoms with van der Waals surface area (Å²) in [5.41, 5.74) is 0. The van der Waals surface area contributed by atoms with Gasteiger partial charge in [-0.1, -0.05) is 0 Å². The van der Waals surface area contributed by atoms with Gasteiger partial charge in [0.15, 0.2) is 0 Å². The zero-order valence-electron chi connectivity index (χ0n) is 11.0. The van der Waals surface area contributed by atoms with Crippen LogP contribution in [0.5, 0.6) is 0 Å². The zero-order valence-corrected chi connectivity index (χ0v) is 11.0. The maximum atomic E-state index is 10.1. The van der Waals surface area contributed by atoms with E-state index in [0.717, 1.165) is 19.4 Å². The van der Waals surface area contributed by atoms with E-state index in [-0.39, 0.29) is 6.04 Å². The number of nitrogens with one attached hydrogen (secondary N) is 1. The second-order valence-electron chi connectivity index (χ2n) is 4.47. The van der Waals surface area contributed by atoms with Crippen LogP contribution in [0, 0.1) is 0 Å². The van der Waals surface area contributed by atoms with Crippen LogP contribution in [-0.2, 0) is 4.79 Å². The summed E-state index contributed by atoms with van der Waals surface area (Å²) >= 11 is 0. The van der Waals surface area contributed by atoms with E-state index in [9.17, 15) is 4.79 Å². The molecule has 9 heteroatoms. The minimum absolute atomic E-state index is 0.269. The molecule has 9 nitrogen and oxygen atoms in total. The van der Waals surface area contributed by atoms with E-state index in [2.05, 4.69) is 5.32 Å². The molecule has 0 spiro atoms. The largest absolute Gasteiger partial charge is 0.480 e. The van der Waals surface area contributed by atoms with Crippen LogP contribution in [0.4, 0.5) is 0 Å². The molecule has 120 valence electrons. The summed E-state index contributed by atoms with van der Waals surface area (Å²) in [6, 6.07) is -0.269. The number of carboxylic acids is 1. The van der Waals surface area contributed by atoms with E-state index in [1.807, 2.05) is 0 Å². The van der Waals surface area contributed by atoms with Gasteiger partial charge in [0.1, 0.15) is 30.5 Å². The van der Waals surface area contributed by atoms with Gasteiger partial charge in [0.2, 0.25) is 0 Å². The number of hydrogen-bond acceptors (Lipinski definition) is 8. The number of carboxylic acid groups (broad SMARTS) is 1. The molecule has 5 atom stereocenters. The maximum Gasteiger partial charge on any atom is 0.320 e. The van der Waals surface area contributed by atoms with E-state index in [0.29, 0.717) is 0 Å². The molecule has 0 unspecified atom stereocenters. The first-order valence-electron chi connectivity index (χ1n) is 6.25. The standard InChI is InChI=1S/C6H14O6.C5H9NO2/c7-1-3(9)5(11)6(12)4(10)2-8;7-5(8)4-2-1-3-6-4/h3-12H,1-2H2;4,6H,1-3H2,(H,7,8)/t3-,4+,5-,6-;4-/m10/s1. The van der Waals surface area contributed by atoms with Crippen molar-refractivity contribution in [3.8, 4) is 0 Å². The van der Waals surface area contributed by atoms with E-state index in [1.165, 1.54) is 0 Å². The molecule has 0 aromatic rings. The van der Waals surface area contributed by atoms with E-state index < -0.39 is 43.6 Å². The summed E-state index contributed by atoms with van der Waals surface area (Å²) in [5.74, 6) is -0.720. The fourth-order valence-electron chi connectivity index (χ4n) is 1.57. The average Bonchev–Trinajstić information content (AvgIpc) is 2.99. The van der Waals surface area contributed by atoms with E-state index >= 15 is 0 Å². The predicted molar refractivity (Wildman–Crippen MR) is 66.9 cm³/mol. The third-order valence-electron chi connectivity index (χ3n) is 2.87. The Kier molecular flexibility index (Phi) is 9.59. The summed E-state index contributed by atoms with van der Waals surface area (Å²) in [6.45, 7) is -0.594. The first-order valence-corrected chi connectivity index (χ1v) is 6.25. The highest BCUT2D eigenvalue weighted by Gasteiger charge is 2.29. The van der Waals surface area contributed by atoms with Crippen molar-refractivity contribution in [2.24, 2.45) is 0 Å². The first-order chi connectivity index (χ1) is 9.34. The molecule has 1 heterocycles. The lowest BCUT2D eigenvalue weighted by atomic mass is 10.0. The quantitative estimate of drug-likeness (QED) is 0.245. The van der Waals surface area contributed by atoms with Gasteiger partial charge < -0.3 is 41.1 Å². The lowest BCUT2D eigenvalue weighted by Gasteiger charge is -2.24. The number of carbonyl (C=O) groups is 1. The normalized spacial score (nSPS) is 24.2. The van der Waals surface area contributed by atoms with Crippen molar-refractivity contribution >= 4 is 5.97 Å². The third-order valence-corrected chi connectivity index (χ3v) is 2.87. The summed E-state index contributed by atoms with van der Waals surface area (Å²) < 4.78 is 0. The van der Waals surface area contributed by atoms with Crippen molar-refractivity contribution < 1.29 is 40.5 Å². The van der Waals surface area contributed by atoms with Crippen LogP contribution >= 0.6 is 0 Å². The Hall–Kier alpha value is -0.810. The molecule has 20 heavy (non-hydrogen) atoms. The number of rotatable bonds is 6. The fourth-order valence-corrected chi connectivity index (χ4v) is 1.57. The lowest BCUT2D eigenvalue weighted by molar-refractivity contribution is -0.139. The summed E-state index contributed by atoms with van der Waals surface area (Å²) in [5, 5.41) is 63.4. The van der Waals surface area contributed by atoms with Crippen LogP contribution in [0.3, 0.4) is 0 Å². The molecular weight excluding hydrogens is 274 g/mol. The molecule has 0 bridgehead atoms. The number of hydrogen-bond donors (Lipinski definition) is 8. The van der Waals surface area contributed by atoms with Gasteiger partial charge in [-0.05, 0) is 19.4 Å². The monoisotopic (exact) mass is 297 g/mol. The molecule has 1 fully saturated rings. The van der Waals surface area contributed by atoms with Gasteiger partial charge in [-0.15, -0.1) is 0 Å². The van der Waals surface area contributed by atoms with Crippen molar-refractivity contribution in [3.63, 3.8) is 0 Å². The maximum absolute atomic E-state index is 10.1. The van der Waals surface area contributed by atoms with Gasteiger partial charge in [-0.2, -0.15) is 0 Å². The Morgan fingerprint density at radius 2 is 1.50 bits per heavy atom. The highest BCUT2D eigenvalue weighted by Crippen LogP contribution is 2.04. The number of aliphatic hydroxyl groups excluding tert-OH is 6. The molecule has 1 aliphatic heterocycles. The van der Waals surface area contributed by atoms with Gasteiger partial charge in [0.05, 0.1) is 13.2 Å². The Balaban J connectivity index is 0.000000388. The highest BCUT2D eigenvalue weighted by atomic mass is 16.4. The fraction of sp³-hybridized carbons (Fsp3) is 0.909. The van der Waals surface area contributed by atoms with Gasteiger partial charge in [0.25, 0.3) is 0 Å². The second-order valence-corrected chi connectivity index (χ2v) is 4.47. The van der Waals surface area contributed by atoms with Crippen LogP contribution in [0.15, 0.2) is 0 Å². The second kappa shape index (κ2) is 10.00. The lowest BCUT2D eigenvalue weighted by Crippen LogP contribution is -2.46.